The standard InChI is InChI=1S/C15H26F2N6O2/c1-14(2,3)25-13(24)21-20-10-5-6-23(9-15(16,17)7-10)12-11(18)8-19-22(12)4/h8,10,20H,5-7,9,18H2,1-4H3,(H,21,24). The molecule has 2 rings (SSSR count). The van der Waals surface area contributed by atoms with E-state index in [4.69, 9.17) is 10.5 Å². The van der Waals surface area contributed by atoms with Gasteiger partial charge in [-0.25, -0.2) is 19.0 Å². The second-order valence-electron chi connectivity index (χ2n) is 7.29. The second kappa shape index (κ2) is 7.03. The molecule has 10 heteroatoms. The number of carbonyl (C=O) groups excluding carboxylic acids is 1. The number of anilines is 2. The van der Waals surface area contributed by atoms with Gasteiger partial charge in [0.2, 0.25) is 0 Å². The van der Waals surface area contributed by atoms with Crippen LogP contribution in [0.2, 0.25) is 0 Å². The molecule has 0 radical (unpaired) electrons. The molecular weight excluding hydrogens is 334 g/mol. The number of rotatable bonds is 3. The number of halogens is 2. The molecule has 1 atom stereocenters. The molecule has 1 fully saturated rings. The highest BCUT2D eigenvalue weighted by Crippen LogP contribution is 2.31. The molecule has 4 N–H and O–H groups in total. The molecule has 0 bridgehead atoms. The molecule has 1 aliphatic heterocycles. The quantitative estimate of drug-likeness (QED) is 0.709. The van der Waals surface area contributed by atoms with Crippen molar-refractivity contribution >= 4 is 17.6 Å². The molecule has 8 nitrogen and oxygen atoms in total. The van der Waals surface area contributed by atoms with Crippen LogP contribution in [0.15, 0.2) is 6.20 Å². The summed E-state index contributed by atoms with van der Waals surface area (Å²) in [5.41, 5.74) is 10.5. The van der Waals surface area contributed by atoms with Gasteiger partial charge in [-0.2, -0.15) is 5.10 Å². The summed E-state index contributed by atoms with van der Waals surface area (Å²) in [6, 6.07) is -0.595. The van der Waals surface area contributed by atoms with E-state index in [2.05, 4.69) is 16.0 Å². The number of hydrogen-bond acceptors (Lipinski definition) is 6. The SMILES string of the molecule is Cn1ncc(N)c1N1CCC(NNC(=O)OC(C)(C)C)CC(F)(F)C1. The van der Waals surface area contributed by atoms with Crippen LogP contribution in [0, 0.1) is 0 Å². The predicted octanol–water partition coefficient (Wildman–Crippen LogP) is 1.64. The lowest BCUT2D eigenvalue weighted by Crippen LogP contribution is -2.48. The van der Waals surface area contributed by atoms with E-state index in [9.17, 15) is 13.6 Å². The zero-order valence-corrected chi connectivity index (χ0v) is 15.0. The Kier molecular flexibility index (Phi) is 5.40. The van der Waals surface area contributed by atoms with Gasteiger partial charge in [0, 0.05) is 26.1 Å². The van der Waals surface area contributed by atoms with Crippen LogP contribution in [-0.4, -0.2) is 46.5 Å². The molecule has 0 saturated carbocycles. The lowest BCUT2D eigenvalue weighted by atomic mass is 10.1. The number of hydrogen-bond donors (Lipinski definition) is 3. The van der Waals surface area contributed by atoms with E-state index in [-0.39, 0.29) is 0 Å². The van der Waals surface area contributed by atoms with Gasteiger partial charge < -0.3 is 15.4 Å². The van der Waals surface area contributed by atoms with Crippen LogP contribution in [0.4, 0.5) is 25.1 Å². The van der Waals surface area contributed by atoms with Crippen LogP contribution in [0.5, 0.6) is 0 Å². The highest BCUT2D eigenvalue weighted by molar-refractivity contribution is 5.67. The topological polar surface area (TPSA) is 97.4 Å². The number of hydrazine groups is 1. The number of nitrogens with zero attached hydrogens (tertiary/aromatic N) is 3. The molecule has 1 aromatic heterocycles. The lowest BCUT2D eigenvalue weighted by molar-refractivity contribution is -0.00615. The molecule has 142 valence electrons. The fraction of sp³-hybridized carbons (Fsp3) is 0.733. The number of aryl methyl sites for hydroxylation is 1. The summed E-state index contributed by atoms with van der Waals surface area (Å²) in [5.74, 6) is -2.47. The third-order valence-corrected chi connectivity index (χ3v) is 3.73. The van der Waals surface area contributed by atoms with Crippen LogP contribution in [0.3, 0.4) is 0 Å². The van der Waals surface area contributed by atoms with Gasteiger partial charge in [0.05, 0.1) is 18.4 Å². The average Bonchev–Trinajstić information content (AvgIpc) is 2.68. The van der Waals surface area contributed by atoms with E-state index < -0.39 is 36.6 Å². The van der Waals surface area contributed by atoms with Crippen molar-refractivity contribution in [2.45, 2.75) is 51.2 Å². The van der Waals surface area contributed by atoms with Gasteiger partial charge in [-0.15, -0.1) is 0 Å². The molecule has 1 aromatic rings. The van der Waals surface area contributed by atoms with Gasteiger partial charge in [-0.05, 0) is 27.2 Å². The summed E-state index contributed by atoms with van der Waals surface area (Å²) >= 11 is 0. The molecule has 1 unspecified atom stereocenters. The molecular formula is C15H26F2N6O2. The van der Waals surface area contributed by atoms with Crippen molar-refractivity contribution in [1.82, 2.24) is 20.6 Å². The first kappa shape index (κ1) is 19.2. The number of aromatic nitrogens is 2. The van der Waals surface area contributed by atoms with Crippen LogP contribution in [-0.2, 0) is 11.8 Å². The van der Waals surface area contributed by atoms with E-state index in [0.29, 0.717) is 24.5 Å². The Labute approximate surface area is 145 Å². The summed E-state index contributed by atoms with van der Waals surface area (Å²) in [6.07, 6.45) is 0.735. The lowest BCUT2D eigenvalue weighted by Gasteiger charge is -2.26. The fourth-order valence-electron chi connectivity index (χ4n) is 2.80. The van der Waals surface area contributed by atoms with Crippen LogP contribution >= 0.6 is 0 Å². The Hall–Kier alpha value is -2.10. The summed E-state index contributed by atoms with van der Waals surface area (Å²) in [4.78, 5) is 13.2. The van der Waals surface area contributed by atoms with Crippen molar-refractivity contribution in [3.63, 3.8) is 0 Å². The third kappa shape index (κ3) is 5.45. The molecule has 0 aliphatic carbocycles. The van der Waals surface area contributed by atoms with Crippen LogP contribution in [0.1, 0.15) is 33.6 Å². The van der Waals surface area contributed by atoms with Crippen LogP contribution in [0.25, 0.3) is 0 Å². The summed E-state index contributed by atoms with van der Waals surface area (Å²) in [7, 11) is 1.66. The van der Waals surface area contributed by atoms with Crippen molar-refractivity contribution in [3.8, 4) is 0 Å². The normalized spacial score (nSPS) is 20.9. The molecule has 1 saturated heterocycles. The van der Waals surface area contributed by atoms with E-state index in [0.717, 1.165) is 0 Å². The predicted molar refractivity (Wildman–Crippen MR) is 90.3 cm³/mol. The number of nitrogens with two attached hydrogens (primary N) is 1. The van der Waals surface area contributed by atoms with Crippen molar-refractivity contribution in [3.05, 3.63) is 6.20 Å². The largest absolute Gasteiger partial charge is 0.443 e. The highest BCUT2D eigenvalue weighted by Gasteiger charge is 2.39. The molecule has 1 aliphatic rings. The van der Waals surface area contributed by atoms with Gasteiger partial charge >= 0.3 is 6.09 Å². The number of nitrogens with one attached hydrogen (secondary N) is 2. The van der Waals surface area contributed by atoms with E-state index in [1.54, 1.807) is 27.8 Å². The van der Waals surface area contributed by atoms with E-state index in [1.165, 1.54) is 15.8 Å². The maximum absolute atomic E-state index is 14.3. The number of alkyl halides is 2. The Morgan fingerprint density at radius 3 is 2.72 bits per heavy atom. The first-order valence-corrected chi connectivity index (χ1v) is 8.12. The van der Waals surface area contributed by atoms with Crippen molar-refractivity contribution in [2.24, 2.45) is 7.05 Å². The van der Waals surface area contributed by atoms with Gasteiger partial charge in [-0.3, -0.25) is 10.1 Å². The summed E-state index contributed by atoms with van der Waals surface area (Å²) in [6.45, 7) is 5.07. The number of amides is 1. The number of carbonyl (C=O) groups is 1. The Morgan fingerprint density at radius 2 is 2.16 bits per heavy atom. The molecule has 25 heavy (non-hydrogen) atoms. The fourth-order valence-corrected chi connectivity index (χ4v) is 2.80. The van der Waals surface area contributed by atoms with Crippen molar-refractivity contribution in [2.75, 3.05) is 23.7 Å². The Morgan fingerprint density at radius 1 is 1.48 bits per heavy atom. The zero-order chi connectivity index (χ0) is 18.8. The molecule has 0 aromatic carbocycles. The molecule has 1 amide bonds. The second-order valence-corrected chi connectivity index (χ2v) is 7.29. The first-order chi connectivity index (χ1) is 11.5. The third-order valence-electron chi connectivity index (χ3n) is 3.73. The minimum atomic E-state index is -2.94. The summed E-state index contributed by atoms with van der Waals surface area (Å²) < 4.78 is 35.2. The van der Waals surface area contributed by atoms with Gasteiger partial charge in [0.25, 0.3) is 5.92 Å². The number of nitrogen functional groups attached to an aromatic ring is 1. The van der Waals surface area contributed by atoms with E-state index in [1.807, 2.05) is 0 Å². The Balaban J connectivity index is 1.99. The van der Waals surface area contributed by atoms with Gasteiger partial charge in [-0.1, -0.05) is 0 Å². The molecule has 0 spiro atoms. The molecule has 2 heterocycles. The highest BCUT2D eigenvalue weighted by atomic mass is 19.3. The maximum atomic E-state index is 14.3. The first-order valence-electron chi connectivity index (χ1n) is 8.12. The van der Waals surface area contributed by atoms with Crippen LogP contribution < -0.4 is 21.5 Å². The minimum absolute atomic E-state index is 0.354. The zero-order valence-electron chi connectivity index (χ0n) is 15.0. The maximum Gasteiger partial charge on any atom is 0.422 e. The van der Waals surface area contributed by atoms with Gasteiger partial charge in [0.15, 0.2) is 0 Å². The van der Waals surface area contributed by atoms with Crippen molar-refractivity contribution in [1.29, 1.82) is 0 Å². The monoisotopic (exact) mass is 360 g/mol. The van der Waals surface area contributed by atoms with Crippen molar-refractivity contribution < 1.29 is 18.3 Å². The van der Waals surface area contributed by atoms with Gasteiger partial charge in [0.1, 0.15) is 11.4 Å². The Bertz CT molecular complexity index is 594. The smallest absolute Gasteiger partial charge is 0.422 e. The average molecular weight is 360 g/mol. The minimum Gasteiger partial charge on any atom is -0.443 e. The summed E-state index contributed by atoms with van der Waals surface area (Å²) in [5, 5.41) is 4.00. The number of ether oxygens (including phenoxy) is 1. The van der Waals surface area contributed by atoms with E-state index >= 15 is 0 Å².